The van der Waals surface area contributed by atoms with Crippen molar-refractivity contribution in [2.45, 2.75) is 116 Å². The van der Waals surface area contributed by atoms with Crippen molar-refractivity contribution in [3.05, 3.63) is 59.3 Å². The monoisotopic (exact) mass is 556 g/mol. The fourth-order valence-corrected chi connectivity index (χ4v) is 6.65. The quantitative estimate of drug-likeness (QED) is 0.293. The lowest BCUT2D eigenvalue weighted by Crippen LogP contribution is -2.52. The highest BCUT2D eigenvalue weighted by Gasteiger charge is 2.54. The number of aliphatic hydroxyl groups is 2. The number of carbonyl (C=O) groups is 1. The van der Waals surface area contributed by atoms with Crippen LogP contribution >= 0.6 is 0 Å². The molecule has 0 bridgehead atoms. The minimum absolute atomic E-state index is 0.0705. The molecule has 2 fully saturated rings. The van der Waals surface area contributed by atoms with E-state index in [2.05, 4.69) is 52.8 Å². The molecule has 222 valence electrons. The van der Waals surface area contributed by atoms with Gasteiger partial charge in [0.2, 0.25) is 0 Å². The Hall–Kier alpha value is -2.03. The second-order valence-electron chi connectivity index (χ2n) is 12.7. The van der Waals surface area contributed by atoms with Crippen molar-refractivity contribution in [1.29, 1.82) is 0 Å². The van der Waals surface area contributed by atoms with E-state index in [4.69, 9.17) is 18.9 Å². The topological polar surface area (TPSA) is 94.5 Å². The maximum atomic E-state index is 11.3. The smallest absolute Gasteiger partial charge is 0.294 e. The number of hydrogen-bond acceptors (Lipinski definition) is 7. The van der Waals surface area contributed by atoms with Gasteiger partial charge >= 0.3 is 0 Å². The Morgan fingerprint density at radius 3 is 2.75 bits per heavy atom. The van der Waals surface area contributed by atoms with Gasteiger partial charge < -0.3 is 29.2 Å². The molecule has 4 rings (SSSR count). The summed E-state index contributed by atoms with van der Waals surface area (Å²) in [6, 6.07) is 0. The number of carbonyl (C=O) groups excluding carboxylic acids is 1. The zero-order chi connectivity index (χ0) is 29.1. The molecule has 3 aliphatic heterocycles. The van der Waals surface area contributed by atoms with Crippen molar-refractivity contribution in [2.75, 3.05) is 6.61 Å². The minimum atomic E-state index is -0.948. The Labute approximate surface area is 239 Å². The minimum Gasteiger partial charge on any atom is -0.453 e. The Kier molecular flexibility index (Phi) is 9.95. The van der Waals surface area contributed by atoms with Gasteiger partial charge in [-0.15, -0.1) is 0 Å². The van der Waals surface area contributed by atoms with E-state index in [1.807, 2.05) is 31.2 Å². The van der Waals surface area contributed by atoms with Crippen LogP contribution in [0.25, 0.3) is 0 Å². The summed E-state index contributed by atoms with van der Waals surface area (Å²) in [6.45, 7) is 13.4. The van der Waals surface area contributed by atoms with Gasteiger partial charge in [-0.2, -0.15) is 0 Å². The van der Waals surface area contributed by atoms with Crippen molar-refractivity contribution >= 4 is 6.47 Å². The Bertz CT molecular complexity index is 1060. The first-order valence-electron chi connectivity index (χ1n) is 14.8. The van der Waals surface area contributed by atoms with Gasteiger partial charge in [0.15, 0.2) is 11.4 Å². The summed E-state index contributed by atoms with van der Waals surface area (Å²) in [4.78, 5) is 11.3. The third-order valence-electron chi connectivity index (χ3n) is 8.86. The molecule has 1 aliphatic carbocycles. The van der Waals surface area contributed by atoms with Crippen LogP contribution in [-0.4, -0.2) is 65.2 Å². The summed E-state index contributed by atoms with van der Waals surface area (Å²) in [6.07, 6.45) is 15.7. The maximum absolute atomic E-state index is 11.3. The van der Waals surface area contributed by atoms with Crippen LogP contribution in [0.15, 0.2) is 59.3 Å². The molecule has 0 aromatic heterocycles. The summed E-state index contributed by atoms with van der Waals surface area (Å²) in [5.41, 5.74) is 2.01. The molecule has 0 amide bonds. The first-order valence-corrected chi connectivity index (χ1v) is 14.8. The second-order valence-corrected chi connectivity index (χ2v) is 12.7. The third-order valence-corrected chi connectivity index (χ3v) is 8.86. The van der Waals surface area contributed by atoms with Crippen LogP contribution in [0.3, 0.4) is 0 Å². The average molecular weight is 557 g/mol. The maximum Gasteiger partial charge on any atom is 0.294 e. The molecular formula is C33H48O7. The van der Waals surface area contributed by atoms with Gasteiger partial charge in [0.05, 0.1) is 24.9 Å². The molecule has 7 nitrogen and oxygen atoms in total. The number of aliphatic hydroxyl groups excluding tert-OH is 2. The number of fused-ring (bicyclic) bond motifs is 1. The molecule has 0 saturated carbocycles. The summed E-state index contributed by atoms with van der Waals surface area (Å²) in [7, 11) is 0. The van der Waals surface area contributed by atoms with E-state index >= 15 is 0 Å². The van der Waals surface area contributed by atoms with Crippen LogP contribution in [-0.2, 0) is 23.7 Å². The molecule has 2 N–H and O–H groups in total. The van der Waals surface area contributed by atoms with E-state index in [0.29, 0.717) is 44.2 Å². The summed E-state index contributed by atoms with van der Waals surface area (Å²) in [5.74, 6) is 0.132. The lowest BCUT2D eigenvalue weighted by Gasteiger charge is -2.47. The Morgan fingerprint density at radius 1 is 1.25 bits per heavy atom. The molecule has 7 heteroatoms. The fraction of sp³-hybridized carbons (Fsp3) is 0.667. The number of ether oxygens (including phenoxy) is 4. The van der Waals surface area contributed by atoms with Gasteiger partial charge in [0, 0.05) is 30.8 Å². The van der Waals surface area contributed by atoms with Gasteiger partial charge in [0.25, 0.3) is 6.47 Å². The third kappa shape index (κ3) is 6.71. The highest BCUT2D eigenvalue weighted by molar-refractivity contribution is 5.45. The molecule has 1 spiro atoms. The van der Waals surface area contributed by atoms with Crippen LogP contribution in [0.5, 0.6) is 0 Å². The lowest BCUT2D eigenvalue weighted by atomic mass is 9.78. The molecule has 0 aromatic carbocycles. The lowest BCUT2D eigenvalue weighted by molar-refractivity contribution is -0.298. The van der Waals surface area contributed by atoms with Crippen molar-refractivity contribution in [1.82, 2.24) is 0 Å². The zero-order valence-corrected chi connectivity index (χ0v) is 24.9. The average Bonchev–Trinajstić information content (AvgIpc) is 3.25. The normalized spacial score (nSPS) is 40.1. The summed E-state index contributed by atoms with van der Waals surface area (Å²) >= 11 is 0. The Morgan fingerprint density at radius 2 is 2.02 bits per heavy atom. The van der Waals surface area contributed by atoms with Crippen LogP contribution < -0.4 is 0 Å². The number of allylic oxidation sites excluding steroid dienone is 4. The predicted octanol–water partition coefficient (Wildman–Crippen LogP) is 5.34. The second kappa shape index (κ2) is 12.9. The largest absolute Gasteiger partial charge is 0.453 e. The number of rotatable bonds is 9. The van der Waals surface area contributed by atoms with E-state index in [0.717, 1.165) is 24.0 Å². The standard InChI is InChI=1S/C33H48O7/c1-21(2)30-25(6)12-14-32(40-30)18-27(35)17-28(39-32)11-10-23(4)16-22(3)8-7-9-26-19-37-31-29(36)24(5)13-15-33(26,31)38-20-34/h7-10,12-14,20-22,25,27-31,35-36H,11,15-19H2,1-6H3/b8-7+,23-10+,26-9+/t22-,25?,27?,28?,29?,30?,31+,32?,33-/m0/s1. The SMILES string of the molecule is CC1=CC[C@]2(OC=O)/C(=C/C=C/[C@H](C)C/C(C)=C/CC3CC(O)CC4(C=CC(C)C(C(C)C)O4)O3)CO[C@@H]2C1O. The molecule has 3 heterocycles. The van der Waals surface area contributed by atoms with Crippen LogP contribution in [0, 0.1) is 17.8 Å². The first kappa shape index (κ1) is 30.9. The van der Waals surface area contributed by atoms with Gasteiger partial charge in [-0.25, -0.2) is 0 Å². The molecule has 4 aliphatic rings. The number of hydrogen-bond donors (Lipinski definition) is 2. The Balaban J connectivity index is 1.34. The predicted molar refractivity (Wildman–Crippen MR) is 154 cm³/mol. The van der Waals surface area contributed by atoms with E-state index < -0.39 is 29.7 Å². The van der Waals surface area contributed by atoms with Crippen molar-refractivity contribution in [3.63, 3.8) is 0 Å². The molecule has 2 saturated heterocycles. The van der Waals surface area contributed by atoms with E-state index in [1.54, 1.807) is 0 Å². The fourth-order valence-electron chi connectivity index (χ4n) is 6.65. The zero-order valence-electron chi connectivity index (χ0n) is 24.9. The molecule has 0 radical (unpaired) electrons. The van der Waals surface area contributed by atoms with Gasteiger partial charge in [-0.1, -0.05) is 69.7 Å². The van der Waals surface area contributed by atoms with Gasteiger partial charge in [-0.05, 0) is 50.2 Å². The molecule has 40 heavy (non-hydrogen) atoms. The van der Waals surface area contributed by atoms with Crippen LogP contribution in [0.2, 0.25) is 0 Å². The van der Waals surface area contributed by atoms with Crippen LogP contribution in [0.1, 0.15) is 73.6 Å². The van der Waals surface area contributed by atoms with Crippen molar-refractivity contribution in [2.24, 2.45) is 17.8 Å². The molecular weight excluding hydrogens is 508 g/mol. The van der Waals surface area contributed by atoms with Crippen molar-refractivity contribution in [3.8, 4) is 0 Å². The van der Waals surface area contributed by atoms with Gasteiger partial charge in [0.1, 0.15) is 12.2 Å². The summed E-state index contributed by atoms with van der Waals surface area (Å²) in [5, 5.41) is 21.2. The highest BCUT2D eigenvalue weighted by Crippen LogP contribution is 2.44. The van der Waals surface area contributed by atoms with E-state index in [-0.39, 0.29) is 18.1 Å². The molecule has 0 aromatic rings. The van der Waals surface area contributed by atoms with Gasteiger partial charge in [-0.3, -0.25) is 4.79 Å². The van der Waals surface area contributed by atoms with E-state index in [9.17, 15) is 15.0 Å². The van der Waals surface area contributed by atoms with Crippen molar-refractivity contribution < 1.29 is 34.0 Å². The highest BCUT2D eigenvalue weighted by atomic mass is 16.7. The van der Waals surface area contributed by atoms with Crippen LogP contribution in [0.4, 0.5) is 0 Å². The molecule has 9 atom stereocenters. The van der Waals surface area contributed by atoms with E-state index in [1.165, 1.54) is 5.57 Å². The molecule has 6 unspecified atom stereocenters. The first-order chi connectivity index (χ1) is 19.0. The summed E-state index contributed by atoms with van der Waals surface area (Å²) < 4.78 is 24.3.